The van der Waals surface area contributed by atoms with E-state index < -0.39 is 0 Å². The minimum Gasteiger partial charge on any atom is -0.493 e. The Bertz CT molecular complexity index is 619. The predicted octanol–water partition coefficient (Wildman–Crippen LogP) is 1.76. The molecular formula is C18H26N2O4. The van der Waals surface area contributed by atoms with Crippen molar-refractivity contribution in [2.24, 2.45) is 5.92 Å². The Kier molecular flexibility index (Phi) is 4.96. The topological polar surface area (TPSA) is 85.0 Å². The minimum atomic E-state index is -0.0518. The fourth-order valence-electron chi connectivity index (χ4n) is 4.22. The molecule has 3 unspecified atom stereocenters. The molecule has 1 saturated carbocycles. The van der Waals surface area contributed by atoms with E-state index in [0.29, 0.717) is 42.5 Å². The molecule has 3 aliphatic rings. The SMILES string of the molecule is CCOc1c(N)cc(C2C3CCC(CC3=O)N2CCO)cc1OC. The van der Waals surface area contributed by atoms with Crippen LogP contribution in [0.5, 0.6) is 11.5 Å². The van der Waals surface area contributed by atoms with Crippen LogP contribution in [-0.4, -0.2) is 48.7 Å². The van der Waals surface area contributed by atoms with Crippen LogP contribution in [-0.2, 0) is 4.79 Å². The van der Waals surface area contributed by atoms with E-state index in [2.05, 4.69) is 4.90 Å². The van der Waals surface area contributed by atoms with Gasteiger partial charge in [0.2, 0.25) is 0 Å². The van der Waals surface area contributed by atoms with Crippen LogP contribution >= 0.6 is 0 Å². The first-order valence-electron chi connectivity index (χ1n) is 8.60. The summed E-state index contributed by atoms with van der Waals surface area (Å²) in [6, 6.07) is 3.96. The number of nitrogen functional groups attached to an aromatic ring is 1. The first-order chi connectivity index (χ1) is 11.6. The summed E-state index contributed by atoms with van der Waals surface area (Å²) in [5, 5.41) is 9.45. The molecule has 0 amide bonds. The van der Waals surface area contributed by atoms with Crippen molar-refractivity contribution in [1.82, 2.24) is 4.90 Å². The lowest BCUT2D eigenvalue weighted by Crippen LogP contribution is -2.54. The normalized spacial score (nSPS) is 26.6. The third-order valence-corrected chi connectivity index (χ3v) is 5.18. The van der Waals surface area contributed by atoms with Crippen molar-refractivity contribution in [3.05, 3.63) is 17.7 Å². The standard InChI is InChI=1S/C18H26N2O4/c1-3-24-18-14(19)8-11(9-16(18)23-2)17-13-5-4-12(10-15(13)22)20(17)6-7-21/h8-9,12-13,17,21H,3-7,10,19H2,1-2H3. The second kappa shape index (κ2) is 6.99. The molecule has 0 aromatic heterocycles. The maximum atomic E-state index is 12.4. The second-order valence-electron chi connectivity index (χ2n) is 6.49. The number of Topliss-reactive ketones (excluding diaryl/α,β-unsaturated/α-hetero) is 1. The lowest BCUT2D eigenvalue weighted by Gasteiger charge is -2.50. The van der Waals surface area contributed by atoms with E-state index in [0.717, 1.165) is 18.4 Å². The zero-order valence-electron chi connectivity index (χ0n) is 14.3. The number of hydrogen-bond acceptors (Lipinski definition) is 6. The van der Waals surface area contributed by atoms with Gasteiger partial charge in [-0.1, -0.05) is 0 Å². The van der Waals surface area contributed by atoms with Gasteiger partial charge in [-0.3, -0.25) is 9.69 Å². The Morgan fingerprint density at radius 1 is 1.38 bits per heavy atom. The maximum Gasteiger partial charge on any atom is 0.184 e. The number of benzene rings is 1. The quantitative estimate of drug-likeness (QED) is 0.771. The van der Waals surface area contributed by atoms with Crippen LogP contribution in [0.1, 0.15) is 37.8 Å². The molecule has 2 aliphatic heterocycles. The van der Waals surface area contributed by atoms with Gasteiger partial charge in [0.05, 0.1) is 26.0 Å². The van der Waals surface area contributed by atoms with Gasteiger partial charge in [0, 0.05) is 31.0 Å². The smallest absolute Gasteiger partial charge is 0.184 e. The largest absolute Gasteiger partial charge is 0.493 e. The molecule has 24 heavy (non-hydrogen) atoms. The van der Waals surface area contributed by atoms with Crippen molar-refractivity contribution in [1.29, 1.82) is 0 Å². The molecule has 6 nitrogen and oxygen atoms in total. The monoisotopic (exact) mass is 334 g/mol. The summed E-state index contributed by atoms with van der Waals surface area (Å²) >= 11 is 0. The number of piperidine rings is 2. The number of carbonyl (C=O) groups is 1. The molecule has 0 spiro atoms. The van der Waals surface area contributed by atoms with E-state index in [9.17, 15) is 9.90 Å². The van der Waals surface area contributed by atoms with Crippen LogP contribution in [0.4, 0.5) is 5.69 Å². The predicted molar refractivity (Wildman–Crippen MR) is 91.2 cm³/mol. The molecular weight excluding hydrogens is 308 g/mol. The molecule has 2 bridgehead atoms. The van der Waals surface area contributed by atoms with Gasteiger partial charge in [-0.2, -0.15) is 0 Å². The van der Waals surface area contributed by atoms with E-state index in [-0.39, 0.29) is 24.6 Å². The van der Waals surface area contributed by atoms with Gasteiger partial charge < -0.3 is 20.3 Å². The first kappa shape index (κ1) is 17.0. The van der Waals surface area contributed by atoms with E-state index in [1.54, 1.807) is 7.11 Å². The molecule has 3 fully saturated rings. The molecule has 132 valence electrons. The molecule has 3 N–H and O–H groups in total. The molecule has 1 aliphatic carbocycles. The molecule has 0 radical (unpaired) electrons. The van der Waals surface area contributed by atoms with E-state index in [1.165, 1.54) is 0 Å². The Labute approximate surface area is 142 Å². The lowest BCUT2D eigenvalue weighted by atomic mass is 9.71. The second-order valence-corrected chi connectivity index (χ2v) is 6.49. The van der Waals surface area contributed by atoms with Crippen LogP contribution in [0.15, 0.2) is 12.1 Å². The Morgan fingerprint density at radius 2 is 2.17 bits per heavy atom. The van der Waals surface area contributed by atoms with Crippen LogP contribution in [0, 0.1) is 5.92 Å². The van der Waals surface area contributed by atoms with Crippen LogP contribution < -0.4 is 15.2 Å². The zero-order valence-corrected chi connectivity index (χ0v) is 14.3. The molecule has 2 heterocycles. The highest BCUT2D eigenvalue weighted by molar-refractivity contribution is 5.84. The summed E-state index contributed by atoms with van der Waals surface area (Å²) < 4.78 is 11.0. The number of methoxy groups -OCH3 is 1. The summed E-state index contributed by atoms with van der Waals surface area (Å²) in [6.07, 6.45) is 2.49. The summed E-state index contributed by atoms with van der Waals surface area (Å²) in [5.41, 5.74) is 7.66. The van der Waals surface area contributed by atoms with Crippen molar-refractivity contribution < 1.29 is 19.4 Å². The average molecular weight is 334 g/mol. The number of anilines is 1. The van der Waals surface area contributed by atoms with E-state index in [1.807, 2.05) is 19.1 Å². The highest BCUT2D eigenvalue weighted by atomic mass is 16.5. The number of nitrogens with zero attached hydrogens (tertiary/aromatic N) is 1. The van der Waals surface area contributed by atoms with Gasteiger partial charge in [-0.15, -0.1) is 0 Å². The number of ketones is 1. The van der Waals surface area contributed by atoms with Crippen LogP contribution in [0.2, 0.25) is 0 Å². The number of nitrogens with two attached hydrogens (primary N) is 1. The van der Waals surface area contributed by atoms with Crippen LogP contribution in [0.25, 0.3) is 0 Å². The van der Waals surface area contributed by atoms with Crippen molar-refractivity contribution in [2.75, 3.05) is 32.6 Å². The molecule has 1 aromatic carbocycles. The fraction of sp³-hybridized carbons (Fsp3) is 0.611. The molecule has 4 rings (SSSR count). The third-order valence-electron chi connectivity index (χ3n) is 5.18. The Hall–Kier alpha value is -1.79. The number of ether oxygens (including phenoxy) is 2. The fourth-order valence-corrected chi connectivity index (χ4v) is 4.22. The molecule has 3 atom stereocenters. The Balaban J connectivity index is 2.02. The molecule has 6 heteroatoms. The van der Waals surface area contributed by atoms with Gasteiger partial charge in [0.1, 0.15) is 5.78 Å². The van der Waals surface area contributed by atoms with Gasteiger partial charge in [-0.05, 0) is 37.5 Å². The number of hydrogen-bond donors (Lipinski definition) is 2. The number of fused-ring (bicyclic) bond motifs is 3. The minimum absolute atomic E-state index is 0.0383. The van der Waals surface area contributed by atoms with E-state index >= 15 is 0 Å². The highest BCUT2D eigenvalue weighted by Gasteiger charge is 2.47. The van der Waals surface area contributed by atoms with Crippen molar-refractivity contribution >= 4 is 11.5 Å². The summed E-state index contributed by atoms with van der Waals surface area (Å²) in [7, 11) is 1.59. The van der Waals surface area contributed by atoms with Gasteiger partial charge >= 0.3 is 0 Å². The number of aliphatic hydroxyl groups excluding tert-OH is 1. The van der Waals surface area contributed by atoms with Gasteiger partial charge in [-0.25, -0.2) is 0 Å². The van der Waals surface area contributed by atoms with Crippen molar-refractivity contribution in [3.63, 3.8) is 0 Å². The van der Waals surface area contributed by atoms with Gasteiger partial charge in [0.25, 0.3) is 0 Å². The average Bonchev–Trinajstić information content (AvgIpc) is 2.57. The first-order valence-corrected chi connectivity index (χ1v) is 8.60. The lowest BCUT2D eigenvalue weighted by molar-refractivity contribution is -0.138. The van der Waals surface area contributed by atoms with E-state index in [4.69, 9.17) is 15.2 Å². The summed E-state index contributed by atoms with van der Waals surface area (Å²) in [4.78, 5) is 14.7. The maximum absolute atomic E-state index is 12.4. The molecule has 1 aromatic rings. The van der Waals surface area contributed by atoms with Crippen molar-refractivity contribution in [3.8, 4) is 11.5 Å². The van der Waals surface area contributed by atoms with Crippen LogP contribution in [0.3, 0.4) is 0 Å². The molecule has 2 saturated heterocycles. The number of carbonyl (C=O) groups excluding carboxylic acids is 1. The van der Waals surface area contributed by atoms with Crippen molar-refractivity contribution in [2.45, 2.75) is 38.3 Å². The zero-order chi connectivity index (χ0) is 17.3. The summed E-state index contributed by atoms with van der Waals surface area (Å²) in [6.45, 7) is 3.05. The third kappa shape index (κ3) is 2.84. The number of aliphatic hydroxyl groups is 1. The highest BCUT2D eigenvalue weighted by Crippen LogP contribution is 2.48. The Morgan fingerprint density at radius 3 is 2.79 bits per heavy atom. The van der Waals surface area contributed by atoms with Gasteiger partial charge in [0.15, 0.2) is 11.5 Å². The number of rotatable bonds is 6. The summed E-state index contributed by atoms with van der Waals surface area (Å²) in [5.74, 6) is 1.41.